The topological polar surface area (TPSA) is 35.2 Å². The Hall–Kier alpha value is -0.550. The van der Waals surface area contributed by atoms with Gasteiger partial charge < -0.3 is 10.5 Å². The maximum absolute atomic E-state index is 5.62. The maximum Gasteiger partial charge on any atom is 0.0983 e. The zero-order valence-corrected chi connectivity index (χ0v) is 9.40. The van der Waals surface area contributed by atoms with Crippen LogP contribution in [0.15, 0.2) is 30.3 Å². The molecule has 1 aromatic rings. The number of hydrogen-bond acceptors (Lipinski definition) is 2. The summed E-state index contributed by atoms with van der Waals surface area (Å²) in [4.78, 5) is 0. The summed E-state index contributed by atoms with van der Waals surface area (Å²) < 4.78 is 5.88. The Kier molecular flexibility index (Phi) is 4.85. The Balaban J connectivity index is 2.48. The van der Waals surface area contributed by atoms with Gasteiger partial charge in [0.2, 0.25) is 0 Å². The molecule has 0 aliphatic rings. The molecule has 0 saturated carbocycles. The van der Waals surface area contributed by atoms with Crippen LogP contribution in [0, 0.1) is 0 Å². The number of benzene rings is 1. The normalized spacial score (nSPS) is 10.8. The van der Waals surface area contributed by atoms with E-state index in [0.717, 1.165) is 15.9 Å². The zero-order chi connectivity index (χ0) is 9.52. The third-order valence-electron chi connectivity index (χ3n) is 1.51. The van der Waals surface area contributed by atoms with Gasteiger partial charge in [-0.05, 0) is 17.7 Å². The molecule has 0 aromatic heterocycles. The van der Waals surface area contributed by atoms with Crippen LogP contribution in [0.1, 0.15) is 5.56 Å². The molecule has 1 aromatic carbocycles. The molecule has 0 bridgehead atoms. The Morgan fingerprint density at radius 3 is 3.00 bits per heavy atom. The average Bonchev–Trinajstić information content (AvgIpc) is 2.13. The first-order valence-corrected chi connectivity index (χ1v) is 5.51. The van der Waals surface area contributed by atoms with E-state index in [0.29, 0.717) is 6.61 Å². The van der Waals surface area contributed by atoms with Gasteiger partial charge in [0.05, 0.1) is 11.2 Å². The third-order valence-corrected chi connectivity index (χ3v) is 1.95. The van der Waals surface area contributed by atoms with Crippen molar-refractivity contribution in [1.29, 1.82) is 0 Å². The van der Waals surface area contributed by atoms with Gasteiger partial charge in [-0.15, -0.1) is 0 Å². The van der Waals surface area contributed by atoms with Gasteiger partial charge in [-0.2, -0.15) is 0 Å². The number of alkyl halides is 1. The fourth-order valence-corrected chi connectivity index (χ4v) is 1.21. The van der Waals surface area contributed by atoms with Gasteiger partial charge in [-0.25, -0.2) is 0 Å². The summed E-state index contributed by atoms with van der Waals surface area (Å²) in [5.74, 6) is 0. The highest BCUT2D eigenvalue weighted by Crippen LogP contribution is 2.07. The molecule has 0 atom stereocenters. The summed E-state index contributed by atoms with van der Waals surface area (Å²) in [6, 6.07) is 7.75. The van der Waals surface area contributed by atoms with Crippen molar-refractivity contribution in [2.75, 3.05) is 17.0 Å². The van der Waals surface area contributed by atoms with E-state index in [4.69, 9.17) is 10.5 Å². The standard InChI is InChI=1S/C10H12INO/c11-8-13-6-2-4-9-3-1-5-10(12)7-9/h1-5,7H,6,8,12H2/b4-2+. The summed E-state index contributed by atoms with van der Waals surface area (Å²) in [5.41, 5.74) is 7.52. The monoisotopic (exact) mass is 289 g/mol. The summed E-state index contributed by atoms with van der Waals surface area (Å²) in [7, 11) is 0. The largest absolute Gasteiger partial charge is 0.399 e. The lowest BCUT2D eigenvalue weighted by atomic mass is 10.2. The SMILES string of the molecule is Nc1cccc(/C=C/COCI)c1. The number of rotatable bonds is 4. The molecule has 0 aliphatic heterocycles. The fourth-order valence-electron chi connectivity index (χ4n) is 0.959. The summed E-state index contributed by atoms with van der Waals surface area (Å²) in [6.45, 7) is 0.651. The van der Waals surface area contributed by atoms with E-state index in [1.807, 2.05) is 36.4 Å². The minimum absolute atomic E-state index is 0.651. The highest BCUT2D eigenvalue weighted by Gasteiger charge is 1.86. The van der Waals surface area contributed by atoms with E-state index >= 15 is 0 Å². The van der Waals surface area contributed by atoms with Gasteiger partial charge in [0.1, 0.15) is 0 Å². The number of nitrogen functional groups attached to an aromatic ring is 1. The highest BCUT2D eigenvalue weighted by molar-refractivity contribution is 14.1. The van der Waals surface area contributed by atoms with Gasteiger partial charge in [0, 0.05) is 5.69 Å². The highest BCUT2D eigenvalue weighted by atomic mass is 127. The van der Waals surface area contributed by atoms with Crippen molar-refractivity contribution >= 4 is 34.4 Å². The summed E-state index contributed by atoms with van der Waals surface area (Å²) in [5, 5.41) is 0. The Morgan fingerprint density at radius 1 is 1.46 bits per heavy atom. The molecular formula is C10H12INO. The molecule has 2 N–H and O–H groups in total. The number of hydrogen-bond donors (Lipinski definition) is 1. The third kappa shape index (κ3) is 4.28. The fraction of sp³-hybridized carbons (Fsp3) is 0.200. The lowest BCUT2D eigenvalue weighted by Crippen LogP contribution is -1.86. The van der Waals surface area contributed by atoms with E-state index in [-0.39, 0.29) is 0 Å². The predicted octanol–water partition coefficient (Wildman–Crippen LogP) is 2.69. The second kappa shape index (κ2) is 5.99. The van der Waals surface area contributed by atoms with E-state index in [9.17, 15) is 0 Å². The molecule has 13 heavy (non-hydrogen) atoms. The smallest absolute Gasteiger partial charge is 0.0983 e. The molecule has 2 nitrogen and oxygen atoms in total. The number of nitrogens with two attached hydrogens (primary N) is 1. The molecule has 0 aliphatic carbocycles. The van der Waals surface area contributed by atoms with Crippen molar-refractivity contribution in [1.82, 2.24) is 0 Å². The Labute approximate surface area is 91.9 Å². The van der Waals surface area contributed by atoms with Crippen molar-refractivity contribution in [3.05, 3.63) is 35.9 Å². The zero-order valence-electron chi connectivity index (χ0n) is 7.24. The van der Waals surface area contributed by atoms with Crippen molar-refractivity contribution in [3.8, 4) is 0 Å². The van der Waals surface area contributed by atoms with Crippen LogP contribution in [0.5, 0.6) is 0 Å². The van der Waals surface area contributed by atoms with Gasteiger partial charge >= 0.3 is 0 Å². The summed E-state index contributed by atoms with van der Waals surface area (Å²) >= 11 is 2.17. The van der Waals surface area contributed by atoms with Crippen LogP contribution >= 0.6 is 22.6 Å². The van der Waals surface area contributed by atoms with Crippen molar-refractivity contribution in [3.63, 3.8) is 0 Å². The van der Waals surface area contributed by atoms with E-state index < -0.39 is 0 Å². The number of anilines is 1. The van der Waals surface area contributed by atoms with Crippen molar-refractivity contribution < 1.29 is 4.74 Å². The molecule has 1 rings (SSSR count). The van der Waals surface area contributed by atoms with Crippen LogP contribution in [0.4, 0.5) is 5.69 Å². The van der Waals surface area contributed by atoms with Gasteiger partial charge in [0.25, 0.3) is 0 Å². The molecule has 0 spiro atoms. The van der Waals surface area contributed by atoms with Crippen LogP contribution in [-0.4, -0.2) is 11.2 Å². The minimum atomic E-state index is 0.651. The lowest BCUT2D eigenvalue weighted by Gasteiger charge is -1.95. The molecule has 0 radical (unpaired) electrons. The molecule has 0 unspecified atom stereocenters. The molecule has 0 saturated heterocycles. The molecular weight excluding hydrogens is 277 g/mol. The second-order valence-electron chi connectivity index (χ2n) is 2.55. The van der Waals surface area contributed by atoms with E-state index in [2.05, 4.69) is 22.6 Å². The van der Waals surface area contributed by atoms with Crippen molar-refractivity contribution in [2.24, 2.45) is 0 Å². The first-order valence-electron chi connectivity index (χ1n) is 3.98. The molecule has 70 valence electrons. The minimum Gasteiger partial charge on any atom is -0.399 e. The van der Waals surface area contributed by atoms with Crippen LogP contribution in [0.2, 0.25) is 0 Å². The second-order valence-corrected chi connectivity index (χ2v) is 3.18. The predicted molar refractivity (Wildman–Crippen MR) is 64.7 cm³/mol. The van der Waals surface area contributed by atoms with Crippen LogP contribution in [0.25, 0.3) is 6.08 Å². The van der Waals surface area contributed by atoms with Gasteiger partial charge in [-0.3, -0.25) is 0 Å². The van der Waals surface area contributed by atoms with E-state index in [1.54, 1.807) is 0 Å². The quantitative estimate of drug-likeness (QED) is 0.400. The molecule has 3 heteroatoms. The molecule has 0 amide bonds. The Morgan fingerprint density at radius 2 is 2.31 bits per heavy atom. The van der Waals surface area contributed by atoms with Crippen molar-refractivity contribution in [2.45, 2.75) is 0 Å². The van der Waals surface area contributed by atoms with Crippen LogP contribution in [-0.2, 0) is 4.74 Å². The van der Waals surface area contributed by atoms with E-state index in [1.165, 1.54) is 0 Å². The number of ether oxygens (including phenoxy) is 1. The molecule has 0 heterocycles. The van der Waals surface area contributed by atoms with Gasteiger partial charge in [-0.1, -0.05) is 46.9 Å². The summed E-state index contributed by atoms with van der Waals surface area (Å²) in [6.07, 6.45) is 3.98. The first kappa shape index (κ1) is 10.5. The lowest BCUT2D eigenvalue weighted by molar-refractivity contribution is 0.226. The Bertz CT molecular complexity index is 286. The van der Waals surface area contributed by atoms with Crippen LogP contribution in [0.3, 0.4) is 0 Å². The molecule has 0 fully saturated rings. The first-order chi connectivity index (χ1) is 6.33. The maximum atomic E-state index is 5.62. The average molecular weight is 289 g/mol. The van der Waals surface area contributed by atoms with Crippen LogP contribution < -0.4 is 5.73 Å². The number of halogens is 1. The van der Waals surface area contributed by atoms with Gasteiger partial charge in [0.15, 0.2) is 0 Å².